The van der Waals surface area contributed by atoms with Crippen LogP contribution in [0.15, 0.2) is 85.1 Å². The first-order valence-corrected chi connectivity index (χ1v) is 21.3. The number of halogens is 1. The van der Waals surface area contributed by atoms with Gasteiger partial charge >= 0.3 is 6.03 Å². The number of likely N-dealkylation sites (tertiary alicyclic amines) is 2. The number of rotatable bonds is 8. The summed E-state index contributed by atoms with van der Waals surface area (Å²) in [5, 5.41) is 22.3. The summed E-state index contributed by atoms with van der Waals surface area (Å²) in [5.74, 6) is 0.0420. The normalized spacial score (nSPS) is 22.7. The van der Waals surface area contributed by atoms with Gasteiger partial charge in [0.1, 0.15) is 17.5 Å². The maximum atomic E-state index is 16.4. The Labute approximate surface area is 354 Å². The Morgan fingerprint density at radius 1 is 0.951 bits per heavy atom. The molecule has 0 radical (unpaired) electrons. The number of nitrogens with two attached hydrogens (primary N) is 1. The number of urea groups is 1. The lowest BCUT2D eigenvalue weighted by Gasteiger charge is -2.44. The molecule has 3 aromatic carbocycles. The SMILES string of the molecule is C[C@@H]1O[C@H](c2ccc(C(=O)N3CCC(F)(CN4CCC(n5ccc6cc(N7CCC(=O)NC7=O)ccc65)CC4)CC3)cc2)CN(c2cc(-c3ccccc3O)nnc2N)[C@@H]1C. The molecule has 0 spiro atoms. The van der Waals surface area contributed by atoms with Crippen LogP contribution in [-0.2, 0) is 9.53 Å². The van der Waals surface area contributed by atoms with Gasteiger partial charge in [0.25, 0.3) is 5.91 Å². The molecule has 61 heavy (non-hydrogen) atoms. The van der Waals surface area contributed by atoms with Crippen molar-refractivity contribution >= 4 is 45.9 Å². The van der Waals surface area contributed by atoms with E-state index in [1.165, 1.54) is 0 Å². The molecule has 3 atom stereocenters. The molecule has 4 saturated heterocycles. The summed E-state index contributed by atoms with van der Waals surface area (Å²) in [4.78, 5) is 45.4. The molecule has 14 nitrogen and oxygen atoms in total. The lowest BCUT2D eigenvalue weighted by molar-refractivity contribution is -0.120. The molecule has 15 heteroatoms. The smallest absolute Gasteiger partial charge is 0.328 e. The van der Waals surface area contributed by atoms with E-state index in [4.69, 9.17) is 10.5 Å². The number of hydrogen-bond acceptors (Lipinski definition) is 10. The number of phenolic OH excluding ortho intramolecular Hbond substituents is 1. The monoisotopic (exact) mass is 829 g/mol. The van der Waals surface area contributed by atoms with Crippen molar-refractivity contribution in [3.63, 3.8) is 0 Å². The molecule has 6 heterocycles. The molecule has 4 N–H and O–H groups in total. The Bertz CT molecular complexity index is 2440. The van der Waals surface area contributed by atoms with Crippen molar-refractivity contribution in [2.45, 2.75) is 75.9 Å². The van der Waals surface area contributed by atoms with Crippen molar-refractivity contribution in [3.8, 4) is 17.0 Å². The van der Waals surface area contributed by atoms with Crippen LogP contribution in [-0.4, -0.2) is 111 Å². The van der Waals surface area contributed by atoms with Gasteiger partial charge < -0.3 is 34.8 Å². The van der Waals surface area contributed by atoms with Crippen LogP contribution >= 0.6 is 0 Å². The lowest BCUT2D eigenvalue weighted by Crippen LogP contribution is -2.51. The van der Waals surface area contributed by atoms with E-state index in [-0.39, 0.29) is 54.1 Å². The number of aromatic nitrogens is 3. The number of ether oxygens (including phenoxy) is 1. The molecule has 318 valence electrons. The van der Waals surface area contributed by atoms with Crippen molar-refractivity contribution in [2.75, 3.05) is 61.3 Å². The number of amides is 4. The highest BCUT2D eigenvalue weighted by Crippen LogP contribution is 2.38. The van der Waals surface area contributed by atoms with Gasteiger partial charge in [0.15, 0.2) is 5.82 Å². The topological polar surface area (TPSA) is 162 Å². The highest BCUT2D eigenvalue weighted by atomic mass is 19.1. The van der Waals surface area contributed by atoms with E-state index in [9.17, 15) is 19.5 Å². The minimum absolute atomic E-state index is 0.0241. The number of piperidine rings is 2. The second-order valence-electron chi connectivity index (χ2n) is 17.0. The first-order chi connectivity index (χ1) is 29.4. The number of phenols is 1. The quantitative estimate of drug-likeness (QED) is 0.158. The number of carbonyl (C=O) groups excluding carboxylic acids is 3. The van der Waals surface area contributed by atoms with Crippen LogP contribution < -0.4 is 20.9 Å². The van der Waals surface area contributed by atoms with E-state index in [2.05, 4.69) is 49.1 Å². The number of fused-ring (bicyclic) bond motifs is 1. The summed E-state index contributed by atoms with van der Waals surface area (Å²) in [6.45, 7) is 7.61. The van der Waals surface area contributed by atoms with Crippen LogP contribution in [0.1, 0.15) is 74.0 Å². The summed E-state index contributed by atoms with van der Waals surface area (Å²) >= 11 is 0. The van der Waals surface area contributed by atoms with E-state index in [0.717, 1.165) is 48.1 Å². The fourth-order valence-corrected chi connectivity index (χ4v) is 9.46. The Balaban J connectivity index is 0.778. The van der Waals surface area contributed by atoms with Gasteiger partial charge in [-0.3, -0.25) is 19.8 Å². The van der Waals surface area contributed by atoms with Gasteiger partial charge in [-0.1, -0.05) is 24.3 Å². The predicted octanol–water partition coefficient (Wildman–Crippen LogP) is 6.47. The molecular weight excluding hydrogens is 778 g/mol. The minimum Gasteiger partial charge on any atom is -0.507 e. The minimum atomic E-state index is -1.36. The van der Waals surface area contributed by atoms with E-state index >= 15 is 4.39 Å². The summed E-state index contributed by atoms with van der Waals surface area (Å²) in [6.07, 6.45) is 4.32. The molecule has 4 amide bonds. The first kappa shape index (κ1) is 40.4. The van der Waals surface area contributed by atoms with Crippen LogP contribution in [0.3, 0.4) is 0 Å². The molecule has 0 unspecified atom stereocenters. The third-order valence-electron chi connectivity index (χ3n) is 13.2. The molecule has 0 saturated carbocycles. The number of morpholine rings is 1. The lowest BCUT2D eigenvalue weighted by atomic mass is 9.91. The number of nitrogens with zero attached hydrogens (tertiary/aromatic N) is 7. The number of carbonyl (C=O) groups is 3. The van der Waals surface area contributed by atoms with Gasteiger partial charge in [-0.05, 0) is 86.8 Å². The maximum absolute atomic E-state index is 16.4. The summed E-state index contributed by atoms with van der Waals surface area (Å²) in [5.41, 5.74) is 10.1. The second kappa shape index (κ2) is 16.4. The van der Waals surface area contributed by atoms with E-state index in [1.54, 1.807) is 28.0 Å². The first-order valence-electron chi connectivity index (χ1n) is 21.3. The van der Waals surface area contributed by atoms with Gasteiger partial charge in [-0.2, -0.15) is 0 Å². The van der Waals surface area contributed by atoms with E-state index < -0.39 is 11.7 Å². The highest BCUT2D eigenvalue weighted by molar-refractivity contribution is 6.06. The predicted molar refractivity (Wildman–Crippen MR) is 231 cm³/mol. The molecule has 2 aromatic heterocycles. The number of imide groups is 1. The zero-order chi connectivity index (χ0) is 42.4. The van der Waals surface area contributed by atoms with Crippen LogP contribution in [0, 0.1) is 0 Å². The molecule has 0 aliphatic carbocycles. The largest absolute Gasteiger partial charge is 0.507 e. The number of alkyl halides is 1. The third kappa shape index (κ3) is 8.11. The number of hydrogen-bond donors (Lipinski definition) is 3. The number of nitrogens with one attached hydrogen (secondary N) is 1. The summed E-state index contributed by atoms with van der Waals surface area (Å²) < 4.78 is 25.1. The van der Waals surface area contributed by atoms with Gasteiger partial charge in [0.2, 0.25) is 5.91 Å². The van der Waals surface area contributed by atoms with Crippen molar-refractivity contribution in [2.24, 2.45) is 0 Å². The summed E-state index contributed by atoms with van der Waals surface area (Å²) in [7, 11) is 0. The molecule has 4 fully saturated rings. The van der Waals surface area contributed by atoms with Crippen LogP contribution in [0.2, 0.25) is 0 Å². The second-order valence-corrected chi connectivity index (χ2v) is 17.0. The number of nitrogen functional groups attached to an aromatic ring is 1. The van der Waals surface area contributed by atoms with Crippen molar-refractivity contribution in [3.05, 3.63) is 96.2 Å². The fraction of sp³-hybridized carbons (Fsp3) is 0.413. The van der Waals surface area contributed by atoms with Gasteiger partial charge in [0.05, 0.1) is 23.5 Å². The molecule has 0 bridgehead atoms. The standard InChI is InChI=1S/C46H52FN9O5/c1-29-30(2)61-41(27-56(29)39-26-37(50-51-43(39)48)36-5-3-4-6-40(36)57)31-7-9-32(10-8-31)44(59)53-23-17-46(47,18-24-53)28-52-19-14-34(15-20-52)54-21-13-33-25-35(11-12-38(33)54)55-22-16-42(58)49-45(55)60/h3-13,21,25-26,29-30,34,41,57H,14-20,22-24,27-28H2,1-2H3,(H2,48,51)(H,49,58,60)/t29-,30+,41+/m1/s1. The molecule has 4 aliphatic heterocycles. The van der Waals surface area contributed by atoms with Gasteiger partial charge in [0, 0.05) is 105 Å². The number of para-hydroxylation sites is 1. The van der Waals surface area contributed by atoms with Crippen LogP contribution in [0.5, 0.6) is 5.75 Å². The zero-order valence-electron chi connectivity index (χ0n) is 34.5. The molecule has 5 aromatic rings. The molecule has 4 aliphatic rings. The Kier molecular flexibility index (Phi) is 10.9. The molecule has 9 rings (SSSR count). The highest BCUT2D eigenvalue weighted by Gasteiger charge is 2.39. The third-order valence-corrected chi connectivity index (χ3v) is 13.2. The van der Waals surface area contributed by atoms with Crippen molar-refractivity contribution in [1.82, 2.24) is 29.9 Å². The number of anilines is 3. The number of benzene rings is 3. The van der Waals surface area contributed by atoms with Crippen LogP contribution in [0.4, 0.5) is 26.4 Å². The molecular formula is C46H52FN9O5. The maximum Gasteiger partial charge on any atom is 0.328 e. The van der Waals surface area contributed by atoms with E-state index in [0.29, 0.717) is 68.1 Å². The zero-order valence-corrected chi connectivity index (χ0v) is 34.5. The Hall–Kier alpha value is -6.06. The fourth-order valence-electron chi connectivity index (χ4n) is 9.46. The number of aromatic hydroxyl groups is 1. The van der Waals surface area contributed by atoms with Crippen molar-refractivity contribution < 1.29 is 28.6 Å². The Morgan fingerprint density at radius 3 is 2.44 bits per heavy atom. The van der Waals surface area contributed by atoms with Gasteiger partial charge in [-0.15, -0.1) is 10.2 Å². The van der Waals surface area contributed by atoms with Crippen LogP contribution in [0.25, 0.3) is 22.2 Å². The average Bonchev–Trinajstić information content (AvgIpc) is 3.69. The van der Waals surface area contributed by atoms with E-state index in [1.807, 2.05) is 61.5 Å². The summed E-state index contributed by atoms with van der Waals surface area (Å²) in [6, 6.07) is 24.3. The van der Waals surface area contributed by atoms with Gasteiger partial charge in [-0.25, -0.2) is 9.18 Å². The Morgan fingerprint density at radius 2 is 1.70 bits per heavy atom. The average molecular weight is 830 g/mol. The van der Waals surface area contributed by atoms with Crippen molar-refractivity contribution in [1.29, 1.82) is 0 Å².